The molecule has 0 bridgehead atoms. The molecule has 5 atom stereocenters. The first-order valence-corrected chi connectivity index (χ1v) is 23.8. The Morgan fingerprint density at radius 3 is 2.49 bits per heavy atom. The van der Waals surface area contributed by atoms with Crippen molar-refractivity contribution in [1.82, 2.24) is 39.1 Å². The number of thiazole rings is 1. The van der Waals surface area contributed by atoms with Gasteiger partial charge in [-0.15, -0.1) is 11.3 Å². The van der Waals surface area contributed by atoms with Crippen LogP contribution in [0.15, 0.2) is 60.0 Å². The average molecular weight is 903 g/mol. The maximum atomic E-state index is 14.7. The van der Waals surface area contributed by atoms with E-state index in [0.717, 1.165) is 50.1 Å². The molecule has 4 aromatic rings. The lowest BCUT2D eigenvalue weighted by atomic mass is 10.0. The highest BCUT2D eigenvalue weighted by Crippen LogP contribution is 2.46. The number of para-hydroxylation sites is 1. The lowest BCUT2D eigenvalue weighted by Crippen LogP contribution is -2.58. The van der Waals surface area contributed by atoms with Crippen LogP contribution in [0.3, 0.4) is 0 Å². The van der Waals surface area contributed by atoms with E-state index in [-0.39, 0.29) is 25.4 Å². The number of carbonyl (C=O) groups is 4. The Balaban J connectivity index is 1.23. The van der Waals surface area contributed by atoms with E-state index in [9.17, 15) is 27.6 Å². The van der Waals surface area contributed by atoms with E-state index in [2.05, 4.69) is 34.4 Å². The van der Waals surface area contributed by atoms with Gasteiger partial charge in [0.05, 0.1) is 17.8 Å². The minimum Gasteiger partial charge on any atom is -0.459 e. The Labute approximate surface area is 373 Å². The van der Waals surface area contributed by atoms with Gasteiger partial charge in [0.2, 0.25) is 11.8 Å². The standard InChI is InChI=1S/C45H58N8O8S2/c1-27(2)53-35-22-16-20-32(39-46-34(26-62-39)31-19-15-14-17-28(31)3)37(35)48-42(53)60-30-23-36-38(54)49-45(41(56)50-63(58,59)51(7)8)24-29(45)18-12-10-9-11-13-21-33(40(55)52(36)25-30)47-43(57)61-44(4,5)6/h12,14-20,22,26-27,29-30,33,36H,9-11,13,21,23-25H2,1-8H3,(H,47,57)(H,49,54)(H,50,56)/b18-12-/t29-,30-,33+,36+,45-/m1/s1. The highest BCUT2D eigenvalue weighted by atomic mass is 32.2. The number of alkyl carbamates (subject to hydrolysis) is 1. The monoisotopic (exact) mass is 902 g/mol. The average Bonchev–Trinajstić information content (AvgIpc) is 3.55. The number of fused-ring (bicyclic) bond motifs is 3. The van der Waals surface area contributed by atoms with E-state index in [1.807, 2.05) is 66.3 Å². The number of aryl methyl sites for hydroxylation is 1. The molecule has 4 amide bonds. The first-order chi connectivity index (χ1) is 29.8. The molecular weight excluding hydrogens is 845 g/mol. The van der Waals surface area contributed by atoms with E-state index in [4.69, 9.17) is 19.4 Å². The highest BCUT2D eigenvalue weighted by Gasteiger charge is 2.62. The predicted octanol–water partition coefficient (Wildman–Crippen LogP) is 6.28. The molecule has 4 heterocycles. The van der Waals surface area contributed by atoms with Crippen molar-refractivity contribution >= 4 is 56.4 Å². The second kappa shape index (κ2) is 18.0. The number of rotatable bonds is 9. The third-order valence-corrected chi connectivity index (χ3v) is 14.0. The van der Waals surface area contributed by atoms with Crippen LogP contribution in [-0.2, 0) is 29.3 Å². The number of amides is 4. The Bertz CT molecular complexity index is 2530. The van der Waals surface area contributed by atoms with Gasteiger partial charge in [-0.25, -0.2) is 14.5 Å². The molecule has 2 aliphatic heterocycles. The van der Waals surface area contributed by atoms with Crippen LogP contribution in [0.4, 0.5) is 4.79 Å². The zero-order valence-electron chi connectivity index (χ0n) is 37.1. The SMILES string of the molecule is Cc1ccccc1-c1csc(-c2cccc3c2nc(O[C@@H]2C[C@H]4C(=O)N[C@]5(C(=O)NS(=O)(=O)N(C)C)C[C@H]5/C=C\CCCCC[C@H](NC(=O)OC(C)(C)C)C(=O)N4C2)n3C(C)C)n1. The first-order valence-electron chi connectivity index (χ1n) is 21.5. The molecule has 16 nitrogen and oxygen atoms in total. The summed E-state index contributed by atoms with van der Waals surface area (Å²) in [6.07, 6.45) is 5.55. The summed E-state index contributed by atoms with van der Waals surface area (Å²) in [5, 5.41) is 8.48. The van der Waals surface area contributed by atoms with Gasteiger partial charge < -0.3 is 25.0 Å². The molecule has 338 valence electrons. The predicted molar refractivity (Wildman–Crippen MR) is 241 cm³/mol. The Hall–Kier alpha value is -5.33. The zero-order valence-corrected chi connectivity index (χ0v) is 38.8. The van der Waals surface area contributed by atoms with Crippen molar-refractivity contribution in [2.24, 2.45) is 5.92 Å². The molecule has 3 N–H and O–H groups in total. The van der Waals surface area contributed by atoms with Crippen LogP contribution in [0.5, 0.6) is 6.01 Å². The summed E-state index contributed by atoms with van der Waals surface area (Å²) >= 11 is 1.52. The molecule has 0 unspecified atom stereocenters. The van der Waals surface area contributed by atoms with Gasteiger partial charge in [-0.05, 0) is 84.9 Å². The summed E-state index contributed by atoms with van der Waals surface area (Å²) in [6, 6.07) is 12.0. The molecule has 0 spiro atoms. The van der Waals surface area contributed by atoms with E-state index in [1.165, 1.54) is 30.3 Å². The Kier molecular flexibility index (Phi) is 13.1. The third-order valence-electron chi connectivity index (χ3n) is 11.7. The maximum absolute atomic E-state index is 14.7. The number of nitrogens with one attached hydrogen (secondary N) is 3. The topological polar surface area (TPSA) is 194 Å². The minimum absolute atomic E-state index is 0.0192. The van der Waals surface area contributed by atoms with Gasteiger partial charge in [-0.2, -0.15) is 17.7 Å². The molecule has 18 heteroatoms. The lowest BCUT2D eigenvalue weighted by Gasteiger charge is -2.30. The van der Waals surface area contributed by atoms with Crippen molar-refractivity contribution in [3.8, 4) is 27.8 Å². The fraction of sp³-hybridized carbons (Fsp3) is 0.511. The number of hydrogen-bond donors (Lipinski definition) is 3. The summed E-state index contributed by atoms with van der Waals surface area (Å²) in [6.45, 7) is 11.2. The molecule has 2 aromatic carbocycles. The molecule has 1 aliphatic carbocycles. The van der Waals surface area contributed by atoms with Crippen LogP contribution in [0.1, 0.15) is 91.2 Å². The number of hydrogen-bond acceptors (Lipinski definition) is 11. The van der Waals surface area contributed by atoms with Gasteiger partial charge in [0.15, 0.2) is 0 Å². The van der Waals surface area contributed by atoms with Gasteiger partial charge in [-0.1, -0.05) is 55.3 Å². The van der Waals surface area contributed by atoms with Crippen molar-refractivity contribution in [2.45, 2.75) is 122 Å². The summed E-state index contributed by atoms with van der Waals surface area (Å²) < 4.78 is 42.9. The fourth-order valence-corrected chi connectivity index (χ4v) is 9.74. The number of benzene rings is 2. The van der Waals surface area contributed by atoms with Crippen molar-refractivity contribution in [3.63, 3.8) is 0 Å². The number of aromatic nitrogens is 3. The summed E-state index contributed by atoms with van der Waals surface area (Å²) in [5.74, 6) is -2.51. The summed E-state index contributed by atoms with van der Waals surface area (Å²) in [4.78, 5) is 67.8. The smallest absolute Gasteiger partial charge is 0.408 e. The van der Waals surface area contributed by atoms with Crippen molar-refractivity contribution in [2.75, 3.05) is 20.6 Å². The van der Waals surface area contributed by atoms with Gasteiger partial charge in [0.1, 0.15) is 39.9 Å². The van der Waals surface area contributed by atoms with Gasteiger partial charge in [-0.3, -0.25) is 19.0 Å². The summed E-state index contributed by atoms with van der Waals surface area (Å²) in [7, 11) is -1.59. The van der Waals surface area contributed by atoms with Gasteiger partial charge in [0, 0.05) is 49.0 Å². The molecule has 3 aliphatic rings. The quantitative estimate of drug-likeness (QED) is 0.161. The number of allylic oxidation sites excluding steroid dienone is 1. The number of nitrogens with zero attached hydrogens (tertiary/aromatic N) is 5. The number of ether oxygens (including phenoxy) is 2. The zero-order chi connectivity index (χ0) is 45.4. The third kappa shape index (κ3) is 9.92. The maximum Gasteiger partial charge on any atom is 0.408 e. The second-order valence-electron chi connectivity index (χ2n) is 18.1. The van der Waals surface area contributed by atoms with Crippen LogP contribution >= 0.6 is 11.3 Å². The highest BCUT2D eigenvalue weighted by molar-refractivity contribution is 7.87. The molecule has 0 radical (unpaired) electrons. The summed E-state index contributed by atoms with van der Waals surface area (Å²) in [5.41, 5.74) is 2.98. The van der Waals surface area contributed by atoms with Gasteiger partial charge in [0.25, 0.3) is 11.9 Å². The van der Waals surface area contributed by atoms with Crippen LogP contribution in [0.2, 0.25) is 0 Å². The van der Waals surface area contributed by atoms with Crippen molar-refractivity contribution in [1.29, 1.82) is 0 Å². The molecule has 2 fully saturated rings. The van der Waals surface area contributed by atoms with Crippen LogP contribution in [0, 0.1) is 12.8 Å². The Morgan fingerprint density at radius 2 is 1.78 bits per heavy atom. The Morgan fingerprint density at radius 1 is 1.03 bits per heavy atom. The number of carbonyl (C=O) groups excluding carboxylic acids is 4. The molecule has 7 rings (SSSR count). The molecule has 63 heavy (non-hydrogen) atoms. The van der Waals surface area contributed by atoms with E-state index < -0.39 is 69.3 Å². The number of imidazole rings is 1. The fourth-order valence-electron chi connectivity index (χ4n) is 8.30. The van der Waals surface area contributed by atoms with Gasteiger partial charge >= 0.3 is 16.3 Å². The molecule has 1 saturated heterocycles. The van der Waals surface area contributed by atoms with Crippen molar-refractivity contribution < 1.29 is 37.1 Å². The normalized spacial score (nSPS) is 23.9. The van der Waals surface area contributed by atoms with Crippen molar-refractivity contribution in [3.05, 3.63) is 65.6 Å². The van der Waals surface area contributed by atoms with E-state index >= 15 is 0 Å². The van der Waals surface area contributed by atoms with Crippen LogP contribution < -0.4 is 20.1 Å². The minimum atomic E-state index is -4.19. The molecular formula is C45H58N8O8S2. The largest absolute Gasteiger partial charge is 0.459 e. The molecule has 1 saturated carbocycles. The van der Waals surface area contributed by atoms with E-state index in [1.54, 1.807) is 20.8 Å². The van der Waals surface area contributed by atoms with E-state index in [0.29, 0.717) is 30.8 Å². The molecule has 2 aromatic heterocycles. The van der Waals surface area contributed by atoms with Crippen LogP contribution in [-0.4, -0.2) is 106 Å². The second-order valence-corrected chi connectivity index (χ2v) is 20.9. The lowest BCUT2D eigenvalue weighted by molar-refractivity contribution is -0.141. The first kappa shape index (κ1) is 45.7. The van der Waals surface area contributed by atoms with Crippen LogP contribution in [0.25, 0.3) is 32.9 Å².